The van der Waals surface area contributed by atoms with Crippen LogP contribution in [0.5, 0.6) is 0 Å². The SMILES string of the molecule is CC(=O)N1CCCN(C(=O)C(C)CCCN)CC1. The molecule has 1 aliphatic heterocycles. The molecule has 0 aliphatic carbocycles. The Balaban J connectivity index is 2.46. The molecule has 1 saturated heterocycles. The van der Waals surface area contributed by atoms with Crippen LogP contribution in [0.1, 0.15) is 33.1 Å². The number of carbonyl (C=O) groups excluding carboxylic acids is 2. The summed E-state index contributed by atoms with van der Waals surface area (Å²) < 4.78 is 0. The summed E-state index contributed by atoms with van der Waals surface area (Å²) in [6.45, 7) is 7.02. The fraction of sp³-hybridized carbons (Fsp3) is 0.846. The van der Waals surface area contributed by atoms with Crippen molar-refractivity contribution in [3.63, 3.8) is 0 Å². The van der Waals surface area contributed by atoms with Gasteiger partial charge in [0.2, 0.25) is 11.8 Å². The van der Waals surface area contributed by atoms with E-state index in [1.165, 1.54) is 0 Å². The third-order valence-electron chi connectivity index (χ3n) is 3.52. The van der Waals surface area contributed by atoms with E-state index in [0.29, 0.717) is 19.6 Å². The van der Waals surface area contributed by atoms with Gasteiger partial charge in [-0.15, -0.1) is 0 Å². The molecule has 0 spiro atoms. The number of hydrogen-bond acceptors (Lipinski definition) is 3. The quantitative estimate of drug-likeness (QED) is 0.793. The van der Waals surface area contributed by atoms with Gasteiger partial charge in [0.15, 0.2) is 0 Å². The van der Waals surface area contributed by atoms with Crippen molar-refractivity contribution in [2.45, 2.75) is 33.1 Å². The largest absolute Gasteiger partial charge is 0.341 e. The molecule has 0 aromatic carbocycles. The Kier molecular flexibility index (Phi) is 6.12. The molecular formula is C13H25N3O2. The molecule has 1 unspecified atom stereocenters. The number of nitrogens with zero attached hydrogens (tertiary/aromatic N) is 2. The summed E-state index contributed by atoms with van der Waals surface area (Å²) in [5, 5.41) is 0. The lowest BCUT2D eigenvalue weighted by molar-refractivity contribution is -0.135. The standard InChI is InChI=1S/C13H25N3O2/c1-11(5-3-6-14)13(18)16-8-4-7-15(9-10-16)12(2)17/h11H,3-10,14H2,1-2H3. The highest BCUT2D eigenvalue weighted by Crippen LogP contribution is 2.12. The Morgan fingerprint density at radius 1 is 1.17 bits per heavy atom. The van der Waals surface area contributed by atoms with Crippen molar-refractivity contribution < 1.29 is 9.59 Å². The smallest absolute Gasteiger partial charge is 0.225 e. The van der Waals surface area contributed by atoms with Crippen LogP contribution < -0.4 is 5.73 Å². The molecule has 0 aromatic rings. The normalized spacial score (nSPS) is 18.4. The van der Waals surface area contributed by atoms with Crippen molar-refractivity contribution in [2.24, 2.45) is 11.7 Å². The van der Waals surface area contributed by atoms with Gasteiger partial charge in [0.1, 0.15) is 0 Å². The average molecular weight is 255 g/mol. The van der Waals surface area contributed by atoms with Crippen LogP contribution in [0.25, 0.3) is 0 Å². The molecule has 0 saturated carbocycles. The minimum absolute atomic E-state index is 0.0393. The summed E-state index contributed by atoms with van der Waals surface area (Å²) in [6.07, 6.45) is 2.61. The Labute approximate surface area is 109 Å². The van der Waals surface area contributed by atoms with E-state index in [1.54, 1.807) is 6.92 Å². The Morgan fingerprint density at radius 2 is 1.78 bits per heavy atom. The highest BCUT2D eigenvalue weighted by molar-refractivity contribution is 5.78. The molecule has 2 amide bonds. The van der Waals surface area contributed by atoms with Crippen LogP contribution in [0.15, 0.2) is 0 Å². The first kappa shape index (κ1) is 15.0. The molecule has 1 aliphatic rings. The third kappa shape index (κ3) is 4.29. The summed E-state index contributed by atoms with van der Waals surface area (Å²) in [4.78, 5) is 27.2. The second-order valence-electron chi connectivity index (χ2n) is 5.02. The lowest BCUT2D eigenvalue weighted by Gasteiger charge is -2.24. The van der Waals surface area contributed by atoms with Crippen molar-refractivity contribution >= 4 is 11.8 Å². The molecule has 5 nitrogen and oxygen atoms in total. The molecule has 2 N–H and O–H groups in total. The van der Waals surface area contributed by atoms with Crippen LogP contribution in [-0.4, -0.2) is 54.3 Å². The zero-order valence-corrected chi connectivity index (χ0v) is 11.5. The van der Waals surface area contributed by atoms with Gasteiger partial charge in [-0.05, 0) is 25.8 Å². The molecule has 0 bridgehead atoms. The lowest BCUT2D eigenvalue weighted by atomic mass is 10.0. The Bertz CT molecular complexity index is 294. The molecule has 104 valence electrons. The van der Waals surface area contributed by atoms with Crippen molar-refractivity contribution in [1.29, 1.82) is 0 Å². The highest BCUT2D eigenvalue weighted by atomic mass is 16.2. The van der Waals surface area contributed by atoms with E-state index in [-0.39, 0.29) is 17.7 Å². The minimum atomic E-state index is 0.0393. The fourth-order valence-corrected chi connectivity index (χ4v) is 2.31. The molecule has 1 atom stereocenters. The fourth-order valence-electron chi connectivity index (χ4n) is 2.31. The van der Waals surface area contributed by atoms with Crippen molar-refractivity contribution in [3.05, 3.63) is 0 Å². The highest BCUT2D eigenvalue weighted by Gasteiger charge is 2.23. The first-order valence-electron chi connectivity index (χ1n) is 6.80. The summed E-state index contributed by atoms with van der Waals surface area (Å²) in [5.41, 5.74) is 5.46. The average Bonchev–Trinajstić information content (AvgIpc) is 2.60. The van der Waals surface area contributed by atoms with Crippen LogP contribution in [0.3, 0.4) is 0 Å². The van der Waals surface area contributed by atoms with Gasteiger partial charge in [-0.1, -0.05) is 6.92 Å². The van der Waals surface area contributed by atoms with Crippen molar-refractivity contribution in [3.8, 4) is 0 Å². The van der Waals surface area contributed by atoms with Crippen LogP contribution >= 0.6 is 0 Å². The maximum atomic E-state index is 12.2. The predicted octanol–water partition coefficient (Wildman–Crippen LogP) is 0.442. The molecule has 18 heavy (non-hydrogen) atoms. The van der Waals surface area contributed by atoms with E-state index in [1.807, 2.05) is 16.7 Å². The van der Waals surface area contributed by atoms with Crippen molar-refractivity contribution in [2.75, 3.05) is 32.7 Å². The first-order chi connectivity index (χ1) is 8.56. The lowest BCUT2D eigenvalue weighted by Crippen LogP contribution is -2.39. The van der Waals surface area contributed by atoms with E-state index < -0.39 is 0 Å². The van der Waals surface area contributed by atoms with Crippen LogP contribution in [0.2, 0.25) is 0 Å². The zero-order valence-electron chi connectivity index (χ0n) is 11.5. The molecule has 5 heteroatoms. The molecule has 1 rings (SSSR count). The van der Waals surface area contributed by atoms with Gasteiger partial charge in [0.05, 0.1) is 0 Å². The second kappa shape index (κ2) is 7.36. The molecular weight excluding hydrogens is 230 g/mol. The molecule has 1 fully saturated rings. The summed E-state index contributed by atoms with van der Waals surface area (Å²) >= 11 is 0. The first-order valence-corrected chi connectivity index (χ1v) is 6.80. The number of rotatable bonds is 4. The number of nitrogens with two attached hydrogens (primary N) is 1. The van der Waals surface area contributed by atoms with E-state index in [2.05, 4.69) is 0 Å². The summed E-state index contributed by atoms with van der Waals surface area (Å²) in [5.74, 6) is 0.340. The minimum Gasteiger partial charge on any atom is -0.341 e. The Morgan fingerprint density at radius 3 is 2.39 bits per heavy atom. The van der Waals surface area contributed by atoms with Gasteiger partial charge in [-0.3, -0.25) is 9.59 Å². The van der Waals surface area contributed by atoms with E-state index in [9.17, 15) is 9.59 Å². The van der Waals surface area contributed by atoms with Crippen LogP contribution in [0, 0.1) is 5.92 Å². The second-order valence-corrected chi connectivity index (χ2v) is 5.02. The predicted molar refractivity (Wildman–Crippen MR) is 70.9 cm³/mol. The van der Waals surface area contributed by atoms with Gasteiger partial charge < -0.3 is 15.5 Å². The Hall–Kier alpha value is -1.10. The van der Waals surface area contributed by atoms with E-state index in [0.717, 1.165) is 32.4 Å². The van der Waals surface area contributed by atoms with Gasteiger partial charge in [0, 0.05) is 39.0 Å². The third-order valence-corrected chi connectivity index (χ3v) is 3.52. The summed E-state index contributed by atoms with van der Waals surface area (Å²) in [6, 6.07) is 0. The molecule has 1 heterocycles. The maximum Gasteiger partial charge on any atom is 0.225 e. The number of carbonyl (C=O) groups is 2. The van der Waals surface area contributed by atoms with E-state index >= 15 is 0 Å². The van der Waals surface area contributed by atoms with E-state index in [4.69, 9.17) is 5.73 Å². The molecule has 0 radical (unpaired) electrons. The number of amides is 2. The van der Waals surface area contributed by atoms with Crippen LogP contribution in [-0.2, 0) is 9.59 Å². The molecule has 0 aromatic heterocycles. The van der Waals surface area contributed by atoms with Crippen molar-refractivity contribution in [1.82, 2.24) is 9.80 Å². The maximum absolute atomic E-state index is 12.2. The topological polar surface area (TPSA) is 66.6 Å². The summed E-state index contributed by atoms with van der Waals surface area (Å²) in [7, 11) is 0. The van der Waals surface area contributed by atoms with Gasteiger partial charge in [-0.25, -0.2) is 0 Å². The van der Waals surface area contributed by atoms with Crippen LogP contribution in [0.4, 0.5) is 0 Å². The zero-order chi connectivity index (χ0) is 13.5. The number of hydrogen-bond donors (Lipinski definition) is 1. The monoisotopic (exact) mass is 255 g/mol. The van der Waals surface area contributed by atoms with Gasteiger partial charge in [-0.2, -0.15) is 0 Å². The van der Waals surface area contributed by atoms with Gasteiger partial charge >= 0.3 is 0 Å². The van der Waals surface area contributed by atoms with Gasteiger partial charge in [0.25, 0.3) is 0 Å².